The van der Waals surface area contributed by atoms with Gasteiger partial charge in [-0.3, -0.25) is 4.79 Å². The molecule has 1 aliphatic carbocycles. The zero-order chi connectivity index (χ0) is 17.1. The second-order valence-electron chi connectivity index (χ2n) is 5.73. The number of benzene rings is 2. The van der Waals surface area contributed by atoms with Crippen molar-refractivity contribution in [1.82, 2.24) is 0 Å². The van der Waals surface area contributed by atoms with Crippen LogP contribution in [0.2, 0.25) is 10.0 Å². The number of halogens is 2. The van der Waals surface area contributed by atoms with E-state index in [9.17, 15) is 9.59 Å². The van der Waals surface area contributed by atoms with Gasteiger partial charge in [0.15, 0.2) is 5.78 Å². The Labute approximate surface area is 150 Å². The summed E-state index contributed by atoms with van der Waals surface area (Å²) < 4.78 is 5.63. The summed E-state index contributed by atoms with van der Waals surface area (Å²) in [5.41, 5.74) is 2.32. The molecule has 0 bridgehead atoms. The molecule has 1 aliphatic rings. The standard InChI is InChI=1S/C19H16Cl2O3/c20-17-15(24-9-5-4-8-22)11-13-10-14(12-6-2-1-3-7-12)19(23)16(13)18(17)21/h1-3,6-8,11,14H,4-5,9-10H2. The Kier molecular flexibility index (Phi) is 5.22. The third kappa shape index (κ3) is 3.19. The molecule has 0 N–H and O–H groups in total. The van der Waals surface area contributed by atoms with E-state index >= 15 is 0 Å². The molecule has 0 fully saturated rings. The van der Waals surface area contributed by atoms with Gasteiger partial charge in [0.1, 0.15) is 17.1 Å². The second kappa shape index (κ2) is 7.37. The SMILES string of the molecule is O=CCCCOc1cc2c(c(Cl)c1Cl)C(=O)C(c1ccccc1)C2. The Morgan fingerprint density at radius 2 is 1.92 bits per heavy atom. The third-order valence-corrected chi connectivity index (χ3v) is 5.02. The van der Waals surface area contributed by atoms with Crippen molar-refractivity contribution in [3.63, 3.8) is 0 Å². The van der Waals surface area contributed by atoms with E-state index in [0.29, 0.717) is 37.2 Å². The van der Waals surface area contributed by atoms with Gasteiger partial charge in [-0.1, -0.05) is 53.5 Å². The van der Waals surface area contributed by atoms with E-state index in [2.05, 4.69) is 0 Å². The lowest BCUT2D eigenvalue weighted by Crippen LogP contribution is -2.07. The van der Waals surface area contributed by atoms with Gasteiger partial charge >= 0.3 is 0 Å². The molecule has 0 aliphatic heterocycles. The van der Waals surface area contributed by atoms with Crippen molar-refractivity contribution in [1.29, 1.82) is 0 Å². The van der Waals surface area contributed by atoms with Crippen LogP contribution in [0.5, 0.6) is 5.75 Å². The van der Waals surface area contributed by atoms with Crippen molar-refractivity contribution in [2.24, 2.45) is 0 Å². The lowest BCUT2D eigenvalue weighted by Gasteiger charge is -2.11. The van der Waals surface area contributed by atoms with E-state index in [4.69, 9.17) is 27.9 Å². The molecule has 1 unspecified atom stereocenters. The Bertz CT molecular complexity index is 772. The van der Waals surface area contributed by atoms with Crippen molar-refractivity contribution in [3.05, 3.63) is 63.1 Å². The zero-order valence-corrected chi connectivity index (χ0v) is 14.4. The zero-order valence-electron chi connectivity index (χ0n) is 12.9. The maximum Gasteiger partial charge on any atom is 0.172 e. The van der Waals surface area contributed by atoms with Gasteiger partial charge in [-0.25, -0.2) is 0 Å². The Morgan fingerprint density at radius 3 is 2.62 bits per heavy atom. The minimum absolute atomic E-state index is 0.00407. The molecule has 0 spiro atoms. The quantitative estimate of drug-likeness (QED) is 0.543. The fraction of sp³-hybridized carbons (Fsp3) is 0.263. The summed E-state index contributed by atoms with van der Waals surface area (Å²) in [6, 6.07) is 11.4. The average Bonchev–Trinajstić information content (AvgIpc) is 2.93. The number of carbonyl (C=O) groups is 2. The van der Waals surface area contributed by atoms with E-state index in [0.717, 1.165) is 17.4 Å². The Hall–Kier alpha value is -1.84. The number of aldehydes is 1. The number of Topliss-reactive ketones (excluding diaryl/α,β-unsaturated/α-hetero) is 1. The van der Waals surface area contributed by atoms with Gasteiger partial charge in [0.05, 0.1) is 17.5 Å². The number of ketones is 1. The van der Waals surface area contributed by atoms with Crippen LogP contribution in [0.25, 0.3) is 0 Å². The van der Waals surface area contributed by atoms with E-state index in [-0.39, 0.29) is 21.7 Å². The van der Waals surface area contributed by atoms with Crippen molar-refractivity contribution in [3.8, 4) is 5.75 Å². The highest BCUT2D eigenvalue weighted by Gasteiger charge is 2.35. The molecular formula is C19H16Cl2O3. The molecule has 5 heteroatoms. The summed E-state index contributed by atoms with van der Waals surface area (Å²) in [7, 11) is 0. The molecule has 24 heavy (non-hydrogen) atoms. The first-order valence-electron chi connectivity index (χ1n) is 7.80. The Morgan fingerprint density at radius 1 is 1.17 bits per heavy atom. The molecule has 124 valence electrons. The van der Waals surface area contributed by atoms with E-state index in [1.165, 1.54) is 0 Å². The lowest BCUT2D eigenvalue weighted by atomic mass is 9.95. The highest BCUT2D eigenvalue weighted by molar-refractivity contribution is 6.45. The number of hydrogen-bond donors (Lipinski definition) is 0. The van der Waals surface area contributed by atoms with Crippen LogP contribution in [0.15, 0.2) is 36.4 Å². The van der Waals surface area contributed by atoms with Gasteiger partial charge < -0.3 is 9.53 Å². The van der Waals surface area contributed by atoms with Crippen LogP contribution in [0.4, 0.5) is 0 Å². The van der Waals surface area contributed by atoms with Crippen molar-refractivity contribution in [2.75, 3.05) is 6.61 Å². The fourth-order valence-electron chi connectivity index (χ4n) is 2.98. The van der Waals surface area contributed by atoms with Gasteiger partial charge in [-0.2, -0.15) is 0 Å². The first-order valence-corrected chi connectivity index (χ1v) is 8.55. The van der Waals surface area contributed by atoms with Crippen LogP contribution in [-0.4, -0.2) is 18.7 Å². The predicted octanol–water partition coefficient (Wildman–Crippen LogP) is 4.87. The monoisotopic (exact) mass is 362 g/mol. The summed E-state index contributed by atoms with van der Waals surface area (Å²) in [4.78, 5) is 23.1. The summed E-state index contributed by atoms with van der Waals surface area (Å²) in [5, 5.41) is 0.506. The Balaban J connectivity index is 1.88. The number of ether oxygens (including phenoxy) is 1. The third-order valence-electron chi connectivity index (χ3n) is 4.17. The van der Waals surface area contributed by atoms with Gasteiger partial charge in [-0.15, -0.1) is 0 Å². The van der Waals surface area contributed by atoms with Crippen molar-refractivity contribution < 1.29 is 14.3 Å². The molecule has 2 aromatic rings. The molecular weight excluding hydrogens is 347 g/mol. The van der Waals surface area contributed by atoms with Crippen LogP contribution in [0.3, 0.4) is 0 Å². The van der Waals surface area contributed by atoms with Gasteiger partial charge in [-0.05, 0) is 30.0 Å². The molecule has 0 amide bonds. The van der Waals surface area contributed by atoms with Crippen LogP contribution in [0, 0.1) is 0 Å². The summed E-state index contributed by atoms with van der Waals surface area (Å²) >= 11 is 12.6. The van der Waals surface area contributed by atoms with Crippen molar-refractivity contribution in [2.45, 2.75) is 25.2 Å². The van der Waals surface area contributed by atoms with E-state index in [1.807, 2.05) is 30.3 Å². The summed E-state index contributed by atoms with van der Waals surface area (Å²) in [6.45, 7) is 0.379. The maximum absolute atomic E-state index is 12.8. The minimum Gasteiger partial charge on any atom is -0.492 e. The average molecular weight is 363 g/mol. The molecule has 3 rings (SSSR count). The number of rotatable bonds is 6. The number of hydrogen-bond acceptors (Lipinski definition) is 3. The second-order valence-corrected chi connectivity index (χ2v) is 6.48. The van der Waals surface area contributed by atoms with E-state index < -0.39 is 0 Å². The molecule has 0 saturated carbocycles. The van der Waals surface area contributed by atoms with Gasteiger partial charge in [0, 0.05) is 12.0 Å². The highest BCUT2D eigenvalue weighted by Crippen LogP contribution is 2.44. The predicted molar refractivity (Wildman–Crippen MR) is 94.5 cm³/mol. The topological polar surface area (TPSA) is 43.4 Å². The fourth-order valence-corrected chi connectivity index (χ4v) is 3.49. The summed E-state index contributed by atoms with van der Waals surface area (Å²) in [6.07, 6.45) is 2.48. The van der Waals surface area contributed by atoms with Crippen molar-refractivity contribution >= 4 is 35.3 Å². The normalized spacial score (nSPS) is 16.1. The molecule has 0 radical (unpaired) electrons. The number of unbranched alkanes of at least 4 members (excludes halogenated alkanes) is 1. The van der Waals surface area contributed by atoms with E-state index in [1.54, 1.807) is 6.07 Å². The first kappa shape index (κ1) is 17.0. The highest BCUT2D eigenvalue weighted by atomic mass is 35.5. The van der Waals surface area contributed by atoms with Crippen LogP contribution < -0.4 is 4.74 Å². The molecule has 2 aromatic carbocycles. The van der Waals surface area contributed by atoms with Crippen LogP contribution in [-0.2, 0) is 11.2 Å². The summed E-state index contributed by atoms with van der Waals surface area (Å²) in [5.74, 6) is 0.225. The van der Waals surface area contributed by atoms with Gasteiger partial charge in [0.2, 0.25) is 0 Å². The smallest absolute Gasteiger partial charge is 0.172 e. The van der Waals surface area contributed by atoms with Crippen LogP contribution >= 0.6 is 23.2 Å². The molecule has 0 aromatic heterocycles. The first-order chi connectivity index (χ1) is 11.6. The van der Waals surface area contributed by atoms with Crippen LogP contribution in [0.1, 0.15) is 40.2 Å². The minimum atomic E-state index is -0.236. The van der Waals surface area contributed by atoms with Gasteiger partial charge in [0.25, 0.3) is 0 Å². The molecule has 1 atom stereocenters. The molecule has 0 saturated heterocycles. The number of fused-ring (bicyclic) bond motifs is 1. The lowest BCUT2D eigenvalue weighted by molar-refractivity contribution is -0.108. The largest absolute Gasteiger partial charge is 0.492 e. The molecule has 3 nitrogen and oxygen atoms in total. The molecule has 0 heterocycles. The number of carbonyl (C=O) groups excluding carboxylic acids is 2. The maximum atomic E-state index is 12.8.